The van der Waals surface area contributed by atoms with Crippen LogP contribution < -0.4 is 10.2 Å². The Hall–Kier alpha value is -2.15. The van der Waals surface area contributed by atoms with Gasteiger partial charge in [0.25, 0.3) is 0 Å². The zero-order valence-electron chi connectivity index (χ0n) is 11.9. The maximum Gasteiger partial charge on any atom is 0.229 e. The van der Waals surface area contributed by atoms with Crippen molar-refractivity contribution in [3.8, 4) is 0 Å². The van der Waals surface area contributed by atoms with E-state index in [0.717, 1.165) is 48.6 Å². The van der Waals surface area contributed by atoms with Gasteiger partial charge in [-0.15, -0.1) is 0 Å². The number of hydrogen-bond donors (Lipinski definition) is 1. The van der Waals surface area contributed by atoms with Crippen molar-refractivity contribution in [1.82, 2.24) is 14.9 Å². The second kappa shape index (κ2) is 6.74. The fraction of sp³-hybridized carbons (Fsp3) is 0.267. The van der Waals surface area contributed by atoms with E-state index in [1.165, 1.54) is 0 Å². The highest BCUT2D eigenvalue weighted by atomic mass is 79.9. The van der Waals surface area contributed by atoms with Gasteiger partial charge in [-0.25, -0.2) is 4.98 Å². The van der Waals surface area contributed by atoms with Crippen molar-refractivity contribution >= 4 is 39.8 Å². The van der Waals surface area contributed by atoms with Crippen molar-refractivity contribution in [2.45, 2.75) is 0 Å². The van der Waals surface area contributed by atoms with Crippen LogP contribution in [0.2, 0.25) is 0 Å². The van der Waals surface area contributed by atoms with E-state index in [9.17, 15) is 4.79 Å². The van der Waals surface area contributed by atoms with Gasteiger partial charge in [-0.2, -0.15) is 4.98 Å². The van der Waals surface area contributed by atoms with Crippen LogP contribution in [0.4, 0.5) is 17.5 Å². The van der Waals surface area contributed by atoms with Gasteiger partial charge in [0.2, 0.25) is 12.4 Å². The second-order valence-corrected chi connectivity index (χ2v) is 5.83. The lowest BCUT2D eigenvalue weighted by molar-refractivity contribution is -0.118. The summed E-state index contributed by atoms with van der Waals surface area (Å²) < 4.78 is 0.962. The normalized spacial score (nSPS) is 14.8. The van der Waals surface area contributed by atoms with Gasteiger partial charge in [-0.05, 0) is 34.1 Å². The number of anilines is 3. The molecule has 0 bridgehead atoms. The maximum atomic E-state index is 10.8. The van der Waals surface area contributed by atoms with Crippen LogP contribution in [0.5, 0.6) is 0 Å². The minimum Gasteiger partial charge on any atom is -0.353 e. The number of nitrogens with zero attached hydrogens (tertiary/aromatic N) is 4. The number of piperazine rings is 1. The van der Waals surface area contributed by atoms with E-state index in [2.05, 4.69) is 36.1 Å². The molecule has 7 heteroatoms. The summed E-state index contributed by atoms with van der Waals surface area (Å²) in [6.45, 7) is 3.01. The number of rotatable bonds is 4. The zero-order valence-corrected chi connectivity index (χ0v) is 13.5. The Morgan fingerprint density at radius 3 is 2.64 bits per heavy atom. The predicted molar refractivity (Wildman–Crippen MR) is 89.3 cm³/mol. The molecule has 2 heterocycles. The lowest BCUT2D eigenvalue weighted by atomic mass is 10.3. The topological polar surface area (TPSA) is 61.4 Å². The molecule has 114 valence electrons. The van der Waals surface area contributed by atoms with Gasteiger partial charge < -0.3 is 15.1 Å². The minimum atomic E-state index is 0.558. The molecular formula is C15H16BrN5O. The summed E-state index contributed by atoms with van der Waals surface area (Å²) in [6, 6.07) is 9.73. The molecule has 0 atom stereocenters. The predicted octanol–water partition coefficient (Wildman–Crippen LogP) is 2.26. The highest BCUT2D eigenvalue weighted by molar-refractivity contribution is 9.10. The summed E-state index contributed by atoms with van der Waals surface area (Å²) in [6.07, 6.45) is 2.64. The van der Waals surface area contributed by atoms with E-state index in [0.29, 0.717) is 5.95 Å². The molecule has 1 N–H and O–H groups in total. The van der Waals surface area contributed by atoms with Gasteiger partial charge in [0.05, 0.1) is 5.69 Å². The first-order valence-electron chi connectivity index (χ1n) is 7.05. The Labute approximate surface area is 137 Å². The van der Waals surface area contributed by atoms with E-state index in [1.54, 1.807) is 11.1 Å². The number of benzene rings is 1. The average Bonchev–Trinajstić information content (AvgIpc) is 2.57. The molecule has 1 aliphatic heterocycles. The molecule has 2 aromatic rings. The molecule has 1 aromatic heterocycles. The fourth-order valence-electron chi connectivity index (χ4n) is 2.32. The lowest BCUT2D eigenvalue weighted by Gasteiger charge is -2.33. The van der Waals surface area contributed by atoms with E-state index >= 15 is 0 Å². The van der Waals surface area contributed by atoms with Crippen molar-refractivity contribution in [2.75, 3.05) is 36.4 Å². The molecular weight excluding hydrogens is 346 g/mol. The zero-order chi connectivity index (χ0) is 15.4. The van der Waals surface area contributed by atoms with Gasteiger partial charge in [-0.3, -0.25) is 4.79 Å². The summed E-state index contributed by atoms with van der Waals surface area (Å²) in [4.78, 5) is 23.5. The summed E-state index contributed by atoms with van der Waals surface area (Å²) in [5.74, 6) is 1.43. The van der Waals surface area contributed by atoms with Crippen molar-refractivity contribution in [2.24, 2.45) is 0 Å². The number of para-hydroxylation sites is 1. The van der Waals surface area contributed by atoms with Crippen LogP contribution in [0.3, 0.4) is 0 Å². The number of nitrogens with one attached hydrogen (secondary N) is 1. The first-order valence-corrected chi connectivity index (χ1v) is 7.84. The van der Waals surface area contributed by atoms with Crippen LogP contribution in [0.1, 0.15) is 0 Å². The molecule has 1 amide bonds. The van der Waals surface area contributed by atoms with Crippen molar-refractivity contribution < 1.29 is 4.79 Å². The molecule has 3 rings (SSSR count). The molecule has 1 aromatic carbocycles. The first kappa shape index (κ1) is 14.8. The van der Waals surface area contributed by atoms with Gasteiger partial charge in [-0.1, -0.05) is 12.1 Å². The lowest BCUT2D eigenvalue weighted by Crippen LogP contribution is -2.46. The summed E-state index contributed by atoms with van der Waals surface area (Å²) in [7, 11) is 0. The third-order valence-electron chi connectivity index (χ3n) is 3.55. The van der Waals surface area contributed by atoms with Gasteiger partial charge in [0, 0.05) is 36.8 Å². The average molecular weight is 362 g/mol. The SMILES string of the molecule is O=CN1CCN(c2ccnc(Nc3ccccc3Br)n2)CC1. The largest absolute Gasteiger partial charge is 0.353 e. The van der Waals surface area contributed by atoms with Crippen LogP contribution in [-0.4, -0.2) is 47.5 Å². The Kier molecular flexibility index (Phi) is 4.53. The monoisotopic (exact) mass is 361 g/mol. The third-order valence-corrected chi connectivity index (χ3v) is 4.24. The molecule has 6 nitrogen and oxygen atoms in total. The maximum absolute atomic E-state index is 10.8. The van der Waals surface area contributed by atoms with E-state index in [4.69, 9.17) is 0 Å². The fourth-order valence-corrected chi connectivity index (χ4v) is 2.71. The third kappa shape index (κ3) is 3.36. The van der Waals surface area contributed by atoms with Gasteiger partial charge in [0.15, 0.2) is 0 Å². The Morgan fingerprint density at radius 2 is 1.91 bits per heavy atom. The molecule has 0 unspecified atom stereocenters. The van der Waals surface area contributed by atoms with Crippen molar-refractivity contribution in [1.29, 1.82) is 0 Å². The number of aromatic nitrogens is 2. The number of hydrogen-bond acceptors (Lipinski definition) is 5. The highest BCUT2D eigenvalue weighted by Crippen LogP contribution is 2.24. The molecule has 0 spiro atoms. The minimum absolute atomic E-state index is 0.558. The van der Waals surface area contributed by atoms with Crippen LogP contribution in [-0.2, 0) is 4.79 Å². The standard InChI is InChI=1S/C15H16BrN5O/c16-12-3-1-2-4-13(12)18-15-17-6-5-14(19-15)21-9-7-20(11-22)8-10-21/h1-6,11H,7-10H2,(H,17,18,19). The van der Waals surface area contributed by atoms with Crippen LogP contribution in [0.15, 0.2) is 41.0 Å². The molecule has 0 radical (unpaired) electrons. The number of carbonyl (C=O) groups excluding carboxylic acids is 1. The van der Waals surface area contributed by atoms with Crippen LogP contribution in [0, 0.1) is 0 Å². The van der Waals surface area contributed by atoms with Crippen LogP contribution >= 0.6 is 15.9 Å². The van der Waals surface area contributed by atoms with E-state index < -0.39 is 0 Å². The van der Waals surface area contributed by atoms with Gasteiger partial charge >= 0.3 is 0 Å². The molecule has 1 aliphatic rings. The number of halogens is 1. The molecule has 0 aliphatic carbocycles. The molecule has 0 saturated carbocycles. The van der Waals surface area contributed by atoms with Gasteiger partial charge in [0.1, 0.15) is 5.82 Å². The summed E-state index contributed by atoms with van der Waals surface area (Å²) in [5, 5.41) is 3.21. The second-order valence-electron chi connectivity index (χ2n) is 4.97. The summed E-state index contributed by atoms with van der Waals surface area (Å²) in [5.41, 5.74) is 0.922. The quantitative estimate of drug-likeness (QED) is 0.846. The Balaban J connectivity index is 1.73. The van der Waals surface area contributed by atoms with Crippen LogP contribution in [0.25, 0.3) is 0 Å². The highest BCUT2D eigenvalue weighted by Gasteiger charge is 2.17. The smallest absolute Gasteiger partial charge is 0.229 e. The van der Waals surface area contributed by atoms with Crippen molar-refractivity contribution in [3.63, 3.8) is 0 Å². The molecule has 1 saturated heterocycles. The van der Waals surface area contributed by atoms with E-state index in [1.807, 2.05) is 30.3 Å². The Bertz CT molecular complexity index is 658. The molecule has 22 heavy (non-hydrogen) atoms. The van der Waals surface area contributed by atoms with Crippen molar-refractivity contribution in [3.05, 3.63) is 41.0 Å². The van der Waals surface area contributed by atoms with E-state index in [-0.39, 0.29) is 0 Å². The summed E-state index contributed by atoms with van der Waals surface area (Å²) >= 11 is 3.50. The number of carbonyl (C=O) groups is 1. The molecule has 1 fully saturated rings. The first-order chi connectivity index (χ1) is 10.8. The Morgan fingerprint density at radius 1 is 1.14 bits per heavy atom. The number of amides is 1.